The van der Waals surface area contributed by atoms with E-state index in [1.165, 1.54) is 6.42 Å². The first-order valence-electron chi connectivity index (χ1n) is 7.22. The van der Waals surface area contributed by atoms with Crippen molar-refractivity contribution >= 4 is 16.7 Å². The molecule has 0 saturated carbocycles. The van der Waals surface area contributed by atoms with Crippen molar-refractivity contribution in [1.29, 1.82) is 5.26 Å². The van der Waals surface area contributed by atoms with E-state index in [-0.39, 0.29) is 0 Å². The van der Waals surface area contributed by atoms with E-state index in [1.807, 2.05) is 30.3 Å². The van der Waals surface area contributed by atoms with Crippen LogP contribution in [-0.2, 0) is 0 Å². The molecule has 0 N–H and O–H groups in total. The Balaban J connectivity index is 2.06. The number of anilines is 1. The van der Waals surface area contributed by atoms with Gasteiger partial charge in [0.1, 0.15) is 5.82 Å². The molecular weight excluding hydrogens is 246 g/mol. The molecule has 1 aromatic heterocycles. The number of hydrogen-bond donors (Lipinski definition) is 0. The lowest BCUT2D eigenvalue weighted by Crippen LogP contribution is -2.39. The van der Waals surface area contributed by atoms with E-state index in [0.29, 0.717) is 11.8 Å². The van der Waals surface area contributed by atoms with E-state index < -0.39 is 0 Å². The number of piperidine rings is 1. The Hall–Kier alpha value is -2.08. The number of hydrogen-bond acceptors (Lipinski definition) is 3. The first-order valence-corrected chi connectivity index (χ1v) is 7.22. The number of aromatic nitrogens is 1. The zero-order valence-corrected chi connectivity index (χ0v) is 12.0. The summed E-state index contributed by atoms with van der Waals surface area (Å²) in [5.74, 6) is 2.30. The minimum Gasteiger partial charge on any atom is -0.356 e. The Morgan fingerprint density at radius 2 is 1.90 bits per heavy atom. The number of pyridine rings is 1. The standard InChI is InChI=1S/C17H19N3/c1-12-7-13(2)11-20(10-12)17-8-14(9-18)15-5-3-4-6-16(15)19-17/h3-6,8,12-13H,7,10-11H2,1-2H3/t12-,13+. The van der Waals surface area contributed by atoms with Gasteiger partial charge in [-0.3, -0.25) is 0 Å². The number of rotatable bonds is 1. The Morgan fingerprint density at radius 3 is 2.60 bits per heavy atom. The fraction of sp³-hybridized carbons (Fsp3) is 0.412. The van der Waals surface area contributed by atoms with Crippen LogP contribution in [0.5, 0.6) is 0 Å². The quantitative estimate of drug-likeness (QED) is 0.791. The third-order valence-corrected chi connectivity index (χ3v) is 4.02. The second-order valence-corrected chi connectivity index (χ2v) is 6.01. The molecule has 2 aromatic rings. The number of para-hydroxylation sites is 1. The van der Waals surface area contributed by atoms with Crippen LogP contribution in [0.3, 0.4) is 0 Å². The van der Waals surface area contributed by atoms with Crippen molar-refractivity contribution in [3.05, 3.63) is 35.9 Å². The average Bonchev–Trinajstić information content (AvgIpc) is 2.45. The molecule has 3 nitrogen and oxygen atoms in total. The van der Waals surface area contributed by atoms with Crippen LogP contribution in [0.1, 0.15) is 25.8 Å². The van der Waals surface area contributed by atoms with Crippen molar-refractivity contribution in [3.63, 3.8) is 0 Å². The predicted octanol–water partition coefficient (Wildman–Crippen LogP) is 3.59. The minimum absolute atomic E-state index is 0.678. The molecule has 0 bridgehead atoms. The van der Waals surface area contributed by atoms with Crippen LogP contribution in [0.2, 0.25) is 0 Å². The summed E-state index contributed by atoms with van der Waals surface area (Å²) in [7, 11) is 0. The Labute approximate surface area is 119 Å². The molecule has 1 saturated heterocycles. The van der Waals surface area contributed by atoms with E-state index in [0.717, 1.165) is 35.4 Å². The molecule has 0 spiro atoms. The van der Waals surface area contributed by atoms with E-state index in [1.54, 1.807) is 0 Å². The van der Waals surface area contributed by atoms with Crippen molar-refractivity contribution in [1.82, 2.24) is 4.98 Å². The SMILES string of the molecule is C[C@@H]1C[C@H](C)CN(c2cc(C#N)c3ccccc3n2)C1. The van der Waals surface area contributed by atoms with Crippen molar-refractivity contribution in [2.45, 2.75) is 20.3 Å². The molecule has 0 radical (unpaired) electrons. The van der Waals surface area contributed by atoms with Gasteiger partial charge in [0.05, 0.1) is 17.1 Å². The zero-order valence-electron chi connectivity index (χ0n) is 12.0. The second kappa shape index (κ2) is 5.13. The molecule has 102 valence electrons. The highest BCUT2D eigenvalue weighted by Gasteiger charge is 2.23. The van der Waals surface area contributed by atoms with Gasteiger partial charge in [0.15, 0.2) is 0 Å². The highest BCUT2D eigenvalue weighted by molar-refractivity contribution is 5.86. The number of fused-ring (bicyclic) bond motifs is 1. The van der Waals surface area contributed by atoms with Gasteiger partial charge in [0.2, 0.25) is 0 Å². The molecule has 0 aliphatic carbocycles. The minimum atomic E-state index is 0.678. The number of nitrogens with zero attached hydrogens (tertiary/aromatic N) is 3. The van der Waals surface area contributed by atoms with Crippen LogP contribution < -0.4 is 4.90 Å². The summed E-state index contributed by atoms with van der Waals surface area (Å²) in [6.07, 6.45) is 1.27. The van der Waals surface area contributed by atoms with Crippen LogP contribution in [0.4, 0.5) is 5.82 Å². The first-order chi connectivity index (χ1) is 9.67. The number of benzene rings is 1. The maximum absolute atomic E-state index is 9.37. The van der Waals surface area contributed by atoms with E-state index in [9.17, 15) is 5.26 Å². The molecule has 20 heavy (non-hydrogen) atoms. The molecule has 0 amide bonds. The summed E-state index contributed by atoms with van der Waals surface area (Å²) in [5.41, 5.74) is 1.63. The molecule has 3 heteroatoms. The van der Waals surface area contributed by atoms with E-state index in [4.69, 9.17) is 4.98 Å². The normalized spacial score (nSPS) is 22.8. The maximum Gasteiger partial charge on any atom is 0.130 e. The van der Waals surface area contributed by atoms with Gasteiger partial charge >= 0.3 is 0 Å². The summed E-state index contributed by atoms with van der Waals surface area (Å²) < 4.78 is 0. The third-order valence-electron chi connectivity index (χ3n) is 4.02. The summed E-state index contributed by atoms with van der Waals surface area (Å²) >= 11 is 0. The van der Waals surface area contributed by atoms with Crippen LogP contribution in [-0.4, -0.2) is 18.1 Å². The summed E-state index contributed by atoms with van der Waals surface area (Å²) in [6, 6.07) is 12.1. The molecular formula is C17H19N3. The Morgan fingerprint density at radius 1 is 1.20 bits per heavy atom. The van der Waals surface area contributed by atoms with Crippen molar-refractivity contribution in [2.75, 3.05) is 18.0 Å². The lowest BCUT2D eigenvalue weighted by molar-refractivity contribution is 0.355. The van der Waals surface area contributed by atoms with Crippen molar-refractivity contribution < 1.29 is 0 Å². The van der Waals surface area contributed by atoms with Gasteiger partial charge in [0, 0.05) is 18.5 Å². The molecule has 1 aliphatic heterocycles. The van der Waals surface area contributed by atoms with Crippen LogP contribution >= 0.6 is 0 Å². The average molecular weight is 265 g/mol. The molecule has 1 fully saturated rings. The molecule has 2 atom stereocenters. The second-order valence-electron chi connectivity index (χ2n) is 6.01. The predicted molar refractivity (Wildman–Crippen MR) is 81.6 cm³/mol. The Kier molecular flexibility index (Phi) is 3.31. The van der Waals surface area contributed by atoms with Crippen LogP contribution in [0.15, 0.2) is 30.3 Å². The highest BCUT2D eigenvalue weighted by atomic mass is 15.2. The number of nitriles is 1. The van der Waals surface area contributed by atoms with E-state index in [2.05, 4.69) is 24.8 Å². The fourth-order valence-electron chi connectivity index (χ4n) is 3.27. The van der Waals surface area contributed by atoms with Gasteiger partial charge in [-0.1, -0.05) is 32.0 Å². The summed E-state index contributed by atoms with van der Waals surface area (Å²) in [5, 5.41) is 10.3. The maximum atomic E-state index is 9.37. The van der Waals surface area contributed by atoms with Gasteiger partial charge in [-0.05, 0) is 30.4 Å². The Bertz CT molecular complexity index is 661. The van der Waals surface area contributed by atoms with Gasteiger partial charge in [-0.15, -0.1) is 0 Å². The third kappa shape index (κ3) is 2.34. The van der Waals surface area contributed by atoms with Gasteiger partial charge in [-0.25, -0.2) is 4.98 Å². The molecule has 2 heterocycles. The summed E-state index contributed by atoms with van der Waals surface area (Å²) in [6.45, 7) is 6.63. The zero-order chi connectivity index (χ0) is 14.1. The fourth-order valence-corrected chi connectivity index (χ4v) is 3.27. The largest absolute Gasteiger partial charge is 0.356 e. The lowest BCUT2D eigenvalue weighted by atomic mass is 9.92. The molecule has 1 aliphatic rings. The van der Waals surface area contributed by atoms with Crippen molar-refractivity contribution in [3.8, 4) is 6.07 Å². The smallest absolute Gasteiger partial charge is 0.130 e. The lowest BCUT2D eigenvalue weighted by Gasteiger charge is -2.36. The van der Waals surface area contributed by atoms with Crippen LogP contribution in [0, 0.1) is 23.2 Å². The molecule has 1 aromatic carbocycles. The van der Waals surface area contributed by atoms with Gasteiger partial charge < -0.3 is 4.90 Å². The molecule has 3 rings (SSSR count). The highest BCUT2D eigenvalue weighted by Crippen LogP contribution is 2.28. The first kappa shape index (κ1) is 12.9. The monoisotopic (exact) mass is 265 g/mol. The summed E-state index contributed by atoms with van der Waals surface area (Å²) in [4.78, 5) is 7.08. The van der Waals surface area contributed by atoms with Gasteiger partial charge in [0.25, 0.3) is 0 Å². The molecule has 0 unspecified atom stereocenters. The van der Waals surface area contributed by atoms with Crippen LogP contribution in [0.25, 0.3) is 10.9 Å². The van der Waals surface area contributed by atoms with E-state index >= 15 is 0 Å². The topological polar surface area (TPSA) is 39.9 Å². The van der Waals surface area contributed by atoms with Gasteiger partial charge in [-0.2, -0.15) is 5.26 Å². The van der Waals surface area contributed by atoms with Crippen molar-refractivity contribution in [2.24, 2.45) is 11.8 Å².